The van der Waals surface area contributed by atoms with Crippen LogP contribution < -0.4 is 11.1 Å². The largest absolute Gasteiger partial charge is 0.354 e. The SMILES string of the molecule is CC(C)C(C)(C)CNC(=O)C1(N)CCC1. The third-order valence-electron chi connectivity index (χ3n) is 3.97. The lowest BCUT2D eigenvalue weighted by Gasteiger charge is -2.38. The van der Waals surface area contributed by atoms with Crippen LogP contribution in [0.4, 0.5) is 0 Å². The van der Waals surface area contributed by atoms with Crippen molar-refractivity contribution in [3.63, 3.8) is 0 Å². The van der Waals surface area contributed by atoms with Crippen molar-refractivity contribution in [2.24, 2.45) is 17.1 Å². The van der Waals surface area contributed by atoms with E-state index < -0.39 is 5.54 Å². The van der Waals surface area contributed by atoms with E-state index in [0.717, 1.165) is 19.3 Å². The second-order valence-corrected chi connectivity index (χ2v) is 5.84. The highest BCUT2D eigenvalue weighted by Gasteiger charge is 2.40. The highest BCUT2D eigenvalue weighted by molar-refractivity contribution is 5.87. The zero-order chi connectivity index (χ0) is 11.7. The maximum atomic E-state index is 11.8. The molecule has 0 aromatic heterocycles. The molecule has 0 unspecified atom stereocenters. The molecule has 1 fully saturated rings. The average Bonchev–Trinajstić information content (AvgIpc) is 2.10. The van der Waals surface area contributed by atoms with Crippen LogP contribution in [0.2, 0.25) is 0 Å². The van der Waals surface area contributed by atoms with Gasteiger partial charge in [0.1, 0.15) is 0 Å². The average molecular weight is 212 g/mol. The fraction of sp³-hybridized carbons (Fsp3) is 0.917. The quantitative estimate of drug-likeness (QED) is 0.744. The van der Waals surface area contributed by atoms with E-state index in [4.69, 9.17) is 5.73 Å². The molecule has 1 aliphatic carbocycles. The predicted octanol–water partition coefficient (Wildman–Crippen LogP) is 1.67. The third kappa shape index (κ3) is 2.71. The smallest absolute Gasteiger partial charge is 0.240 e. The van der Waals surface area contributed by atoms with Crippen LogP contribution in [-0.4, -0.2) is 18.0 Å². The van der Waals surface area contributed by atoms with Gasteiger partial charge in [-0.25, -0.2) is 0 Å². The van der Waals surface area contributed by atoms with Crippen LogP contribution in [0.3, 0.4) is 0 Å². The molecule has 15 heavy (non-hydrogen) atoms. The molecule has 3 N–H and O–H groups in total. The van der Waals surface area contributed by atoms with Gasteiger partial charge in [-0.1, -0.05) is 27.7 Å². The van der Waals surface area contributed by atoms with Crippen molar-refractivity contribution < 1.29 is 4.79 Å². The van der Waals surface area contributed by atoms with Gasteiger partial charge in [-0.3, -0.25) is 4.79 Å². The van der Waals surface area contributed by atoms with Crippen LogP contribution in [0.1, 0.15) is 47.0 Å². The number of amides is 1. The number of rotatable bonds is 4. The zero-order valence-corrected chi connectivity index (χ0v) is 10.4. The summed E-state index contributed by atoms with van der Waals surface area (Å²) in [6.45, 7) is 9.40. The molecule has 0 bridgehead atoms. The molecule has 0 radical (unpaired) electrons. The van der Waals surface area contributed by atoms with Crippen molar-refractivity contribution in [3.8, 4) is 0 Å². The summed E-state index contributed by atoms with van der Waals surface area (Å²) in [5.74, 6) is 0.579. The Labute approximate surface area is 92.8 Å². The van der Waals surface area contributed by atoms with E-state index in [1.807, 2.05) is 0 Å². The molecule has 0 aromatic rings. The second kappa shape index (κ2) is 4.12. The molecule has 88 valence electrons. The molecular weight excluding hydrogens is 188 g/mol. The summed E-state index contributed by atoms with van der Waals surface area (Å²) in [6, 6.07) is 0. The van der Waals surface area contributed by atoms with Gasteiger partial charge in [-0.05, 0) is 30.6 Å². The van der Waals surface area contributed by atoms with Gasteiger partial charge in [0.15, 0.2) is 0 Å². The Morgan fingerprint density at radius 3 is 2.33 bits per heavy atom. The van der Waals surface area contributed by atoms with Crippen LogP contribution in [0.5, 0.6) is 0 Å². The van der Waals surface area contributed by atoms with E-state index in [2.05, 4.69) is 33.0 Å². The molecule has 1 rings (SSSR count). The Balaban J connectivity index is 2.40. The van der Waals surface area contributed by atoms with E-state index in [9.17, 15) is 4.79 Å². The standard InChI is InChI=1S/C12H24N2O/c1-9(2)11(3,4)8-14-10(15)12(13)6-5-7-12/h9H,5-8,13H2,1-4H3,(H,14,15). The fourth-order valence-corrected chi connectivity index (χ4v) is 1.47. The molecular formula is C12H24N2O. The van der Waals surface area contributed by atoms with Crippen LogP contribution in [-0.2, 0) is 4.79 Å². The minimum absolute atomic E-state index is 0.0301. The number of hydrogen-bond donors (Lipinski definition) is 2. The summed E-state index contributed by atoms with van der Waals surface area (Å²) in [5.41, 5.74) is 5.51. The molecule has 1 saturated carbocycles. The van der Waals surface area contributed by atoms with Crippen LogP contribution in [0.25, 0.3) is 0 Å². The van der Waals surface area contributed by atoms with Crippen molar-refractivity contribution in [1.29, 1.82) is 0 Å². The number of carbonyl (C=O) groups excluding carboxylic acids is 1. The number of nitrogens with two attached hydrogens (primary N) is 1. The van der Waals surface area contributed by atoms with Gasteiger partial charge in [0.2, 0.25) is 5.91 Å². The topological polar surface area (TPSA) is 55.1 Å². The Morgan fingerprint density at radius 1 is 1.47 bits per heavy atom. The van der Waals surface area contributed by atoms with E-state index in [-0.39, 0.29) is 11.3 Å². The first-order valence-electron chi connectivity index (χ1n) is 5.85. The highest BCUT2D eigenvalue weighted by Crippen LogP contribution is 2.30. The molecule has 0 heterocycles. The summed E-state index contributed by atoms with van der Waals surface area (Å²) in [5, 5.41) is 2.98. The van der Waals surface area contributed by atoms with E-state index in [1.54, 1.807) is 0 Å². The van der Waals surface area contributed by atoms with E-state index in [1.165, 1.54) is 0 Å². The number of hydrogen-bond acceptors (Lipinski definition) is 2. The Bertz CT molecular complexity index is 242. The van der Waals surface area contributed by atoms with Crippen molar-refractivity contribution in [1.82, 2.24) is 5.32 Å². The van der Waals surface area contributed by atoms with Crippen molar-refractivity contribution in [2.45, 2.75) is 52.5 Å². The highest BCUT2D eigenvalue weighted by atomic mass is 16.2. The zero-order valence-electron chi connectivity index (χ0n) is 10.4. The summed E-state index contributed by atoms with van der Waals surface area (Å²) in [6.07, 6.45) is 2.75. The lowest BCUT2D eigenvalue weighted by Crippen LogP contribution is -2.59. The lowest BCUT2D eigenvalue weighted by atomic mass is 9.76. The Hall–Kier alpha value is -0.570. The van der Waals surface area contributed by atoms with E-state index in [0.29, 0.717) is 12.5 Å². The first kappa shape index (κ1) is 12.5. The van der Waals surface area contributed by atoms with Gasteiger partial charge in [-0.15, -0.1) is 0 Å². The molecule has 3 heteroatoms. The van der Waals surface area contributed by atoms with Crippen molar-refractivity contribution >= 4 is 5.91 Å². The number of nitrogens with one attached hydrogen (secondary N) is 1. The fourth-order valence-electron chi connectivity index (χ4n) is 1.47. The first-order chi connectivity index (χ1) is 6.78. The van der Waals surface area contributed by atoms with E-state index >= 15 is 0 Å². The molecule has 1 amide bonds. The maximum Gasteiger partial charge on any atom is 0.240 e. The minimum atomic E-state index is -0.562. The molecule has 0 aliphatic heterocycles. The van der Waals surface area contributed by atoms with Crippen molar-refractivity contribution in [3.05, 3.63) is 0 Å². The molecule has 0 saturated heterocycles. The van der Waals surface area contributed by atoms with Gasteiger partial charge < -0.3 is 11.1 Å². The van der Waals surface area contributed by atoms with Gasteiger partial charge in [-0.2, -0.15) is 0 Å². The first-order valence-corrected chi connectivity index (χ1v) is 5.85. The summed E-state index contributed by atoms with van der Waals surface area (Å²) >= 11 is 0. The van der Waals surface area contributed by atoms with Crippen LogP contribution in [0, 0.1) is 11.3 Å². The van der Waals surface area contributed by atoms with Gasteiger partial charge >= 0.3 is 0 Å². The Kier molecular flexibility index (Phi) is 3.44. The predicted molar refractivity (Wildman–Crippen MR) is 62.4 cm³/mol. The second-order valence-electron chi connectivity index (χ2n) is 5.84. The molecule has 0 spiro atoms. The summed E-state index contributed by atoms with van der Waals surface area (Å²) in [7, 11) is 0. The minimum Gasteiger partial charge on any atom is -0.354 e. The van der Waals surface area contributed by atoms with Crippen molar-refractivity contribution in [2.75, 3.05) is 6.54 Å². The lowest BCUT2D eigenvalue weighted by molar-refractivity contribution is -0.129. The van der Waals surface area contributed by atoms with Gasteiger partial charge in [0.25, 0.3) is 0 Å². The summed E-state index contributed by atoms with van der Waals surface area (Å²) < 4.78 is 0. The monoisotopic (exact) mass is 212 g/mol. The Morgan fingerprint density at radius 2 is 2.00 bits per heavy atom. The van der Waals surface area contributed by atoms with Gasteiger partial charge in [0, 0.05) is 6.54 Å². The van der Waals surface area contributed by atoms with Crippen LogP contribution in [0.15, 0.2) is 0 Å². The maximum absolute atomic E-state index is 11.8. The molecule has 1 aliphatic rings. The summed E-state index contributed by atoms with van der Waals surface area (Å²) in [4.78, 5) is 11.8. The van der Waals surface area contributed by atoms with Gasteiger partial charge in [0.05, 0.1) is 5.54 Å². The molecule has 0 atom stereocenters. The van der Waals surface area contributed by atoms with Crippen LogP contribution >= 0.6 is 0 Å². The number of carbonyl (C=O) groups is 1. The third-order valence-corrected chi connectivity index (χ3v) is 3.97. The normalized spacial score (nSPS) is 19.9. The molecule has 3 nitrogen and oxygen atoms in total. The molecule has 0 aromatic carbocycles.